The van der Waals surface area contributed by atoms with Gasteiger partial charge in [0.15, 0.2) is 0 Å². The summed E-state index contributed by atoms with van der Waals surface area (Å²) in [5, 5.41) is 5.96. The molecule has 3 rings (SSSR count). The molecule has 0 bridgehead atoms. The molecule has 0 unspecified atom stereocenters. The third-order valence-corrected chi connectivity index (χ3v) is 6.07. The van der Waals surface area contributed by atoms with Crippen LogP contribution in [0.25, 0.3) is 0 Å². The fourth-order valence-corrected chi connectivity index (χ4v) is 3.87. The van der Waals surface area contributed by atoms with E-state index in [0.29, 0.717) is 32.0 Å². The standard InChI is InChI=1S/C23H29N3O2S/c1-17-3-7-20(8-4-17)25-23(28)26-13-11-18(12-14-26)15-22(27)24-16-19-5-9-21(29-2)10-6-19/h3-10,18H,11-16H2,1-2H3,(H,24,27)(H,25,28). The fraction of sp³-hybridized carbons (Fsp3) is 0.391. The molecule has 0 spiro atoms. The van der Waals surface area contributed by atoms with Gasteiger partial charge in [-0.2, -0.15) is 0 Å². The number of carbonyl (C=O) groups excluding carboxylic acids is 2. The number of nitrogens with one attached hydrogen (secondary N) is 2. The first kappa shape index (κ1) is 21.2. The van der Waals surface area contributed by atoms with Crippen LogP contribution in [0.1, 0.15) is 30.4 Å². The first-order valence-corrected chi connectivity index (χ1v) is 11.3. The molecule has 5 nitrogen and oxygen atoms in total. The summed E-state index contributed by atoms with van der Waals surface area (Å²) in [7, 11) is 0. The molecule has 2 N–H and O–H groups in total. The van der Waals surface area contributed by atoms with Crippen LogP contribution < -0.4 is 10.6 Å². The highest BCUT2D eigenvalue weighted by molar-refractivity contribution is 7.98. The van der Waals surface area contributed by atoms with Crippen LogP contribution in [0.4, 0.5) is 10.5 Å². The van der Waals surface area contributed by atoms with E-state index in [1.54, 1.807) is 11.8 Å². The number of piperidine rings is 1. The molecule has 0 radical (unpaired) electrons. The van der Waals surface area contributed by atoms with Crippen molar-refractivity contribution in [2.45, 2.75) is 37.6 Å². The molecule has 1 fully saturated rings. The molecule has 3 amide bonds. The predicted molar refractivity (Wildman–Crippen MR) is 119 cm³/mol. The van der Waals surface area contributed by atoms with Gasteiger partial charge in [-0.3, -0.25) is 4.79 Å². The molecule has 0 saturated carbocycles. The first-order chi connectivity index (χ1) is 14.0. The summed E-state index contributed by atoms with van der Waals surface area (Å²) in [6.45, 7) is 3.95. The summed E-state index contributed by atoms with van der Waals surface area (Å²) < 4.78 is 0. The van der Waals surface area contributed by atoms with Crippen LogP contribution in [0.15, 0.2) is 53.4 Å². The smallest absolute Gasteiger partial charge is 0.321 e. The van der Waals surface area contributed by atoms with E-state index in [4.69, 9.17) is 0 Å². The molecule has 1 aliphatic rings. The van der Waals surface area contributed by atoms with Crippen molar-refractivity contribution in [2.75, 3.05) is 24.7 Å². The van der Waals surface area contributed by atoms with Crippen LogP contribution in [-0.2, 0) is 11.3 Å². The normalized spacial score (nSPS) is 14.5. The van der Waals surface area contributed by atoms with Gasteiger partial charge in [-0.15, -0.1) is 11.8 Å². The Morgan fingerprint density at radius 1 is 1.03 bits per heavy atom. The van der Waals surface area contributed by atoms with E-state index in [0.717, 1.165) is 24.1 Å². The Labute approximate surface area is 177 Å². The summed E-state index contributed by atoms with van der Waals surface area (Å²) in [5.41, 5.74) is 3.09. The van der Waals surface area contributed by atoms with Gasteiger partial charge in [-0.05, 0) is 61.8 Å². The van der Waals surface area contributed by atoms with Gasteiger partial charge in [-0.1, -0.05) is 29.8 Å². The average molecular weight is 412 g/mol. The van der Waals surface area contributed by atoms with Crippen molar-refractivity contribution in [3.63, 3.8) is 0 Å². The second-order valence-electron chi connectivity index (χ2n) is 7.56. The lowest BCUT2D eigenvalue weighted by Crippen LogP contribution is -2.41. The summed E-state index contributed by atoms with van der Waals surface area (Å²) in [5.74, 6) is 0.416. The van der Waals surface area contributed by atoms with E-state index in [2.05, 4.69) is 34.9 Å². The number of hydrogen-bond acceptors (Lipinski definition) is 3. The number of hydrogen-bond donors (Lipinski definition) is 2. The highest BCUT2D eigenvalue weighted by atomic mass is 32.2. The van der Waals surface area contributed by atoms with Crippen LogP contribution >= 0.6 is 11.8 Å². The average Bonchev–Trinajstić information content (AvgIpc) is 2.75. The zero-order chi connectivity index (χ0) is 20.6. The molecule has 1 saturated heterocycles. The third-order valence-electron chi connectivity index (χ3n) is 5.33. The number of rotatable bonds is 6. The second kappa shape index (κ2) is 10.3. The molecule has 0 atom stereocenters. The van der Waals surface area contributed by atoms with E-state index in [1.807, 2.05) is 42.3 Å². The molecule has 29 heavy (non-hydrogen) atoms. The van der Waals surface area contributed by atoms with Crippen molar-refractivity contribution in [3.8, 4) is 0 Å². The Hall–Kier alpha value is -2.47. The van der Waals surface area contributed by atoms with Crippen molar-refractivity contribution < 1.29 is 9.59 Å². The summed E-state index contributed by atoms with van der Waals surface area (Å²) >= 11 is 1.71. The molecule has 2 aromatic rings. The van der Waals surface area contributed by atoms with Crippen LogP contribution in [0, 0.1) is 12.8 Å². The molecule has 0 aromatic heterocycles. The van der Waals surface area contributed by atoms with E-state index >= 15 is 0 Å². The zero-order valence-corrected chi connectivity index (χ0v) is 17.9. The number of nitrogens with zero attached hydrogens (tertiary/aromatic N) is 1. The van der Waals surface area contributed by atoms with Gasteiger partial charge in [0, 0.05) is 36.6 Å². The van der Waals surface area contributed by atoms with Gasteiger partial charge in [-0.25, -0.2) is 4.79 Å². The van der Waals surface area contributed by atoms with Gasteiger partial charge in [0.2, 0.25) is 5.91 Å². The number of anilines is 1. The van der Waals surface area contributed by atoms with Crippen molar-refractivity contribution >= 4 is 29.4 Å². The molecular weight excluding hydrogens is 382 g/mol. The highest BCUT2D eigenvalue weighted by Gasteiger charge is 2.24. The van der Waals surface area contributed by atoms with Crippen molar-refractivity contribution in [1.82, 2.24) is 10.2 Å². The lowest BCUT2D eigenvalue weighted by atomic mass is 9.93. The Morgan fingerprint density at radius 2 is 1.69 bits per heavy atom. The number of amides is 3. The predicted octanol–water partition coefficient (Wildman–Crippen LogP) is 4.67. The molecular formula is C23H29N3O2S. The quantitative estimate of drug-likeness (QED) is 0.679. The van der Waals surface area contributed by atoms with Crippen LogP contribution in [-0.4, -0.2) is 36.2 Å². The highest BCUT2D eigenvalue weighted by Crippen LogP contribution is 2.21. The molecule has 1 heterocycles. The number of urea groups is 1. The lowest BCUT2D eigenvalue weighted by Gasteiger charge is -2.31. The van der Waals surface area contributed by atoms with Gasteiger partial charge < -0.3 is 15.5 Å². The van der Waals surface area contributed by atoms with Crippen LogP contribution in [0.2, 0.25) is 0 Å². The second-order valence-corrected chi connectivity index (χ2v) is 8.44. The number of benzene rings is 2. The van der Waals surface area contributed by atoms with Gasteiger partial charge in [0.05, 0.1) is 0 Å². The summed E-state index contributed by atoms with van der Waals surface area (Å²) in [6, 6.07) is 16.0. The third kappa shape index (κ3) is 6.53. The minimum Gasteiger partial charge on any atom is -0.352 e. The van der Waals surface area contributed by atoms with E-state index in [1.165, 1.54) is 10.5 Å². The monoisotopic (exact) mass is 411 g/mol. The Balaban J connectivity index is 1.37. The van der Waals surface area contributed by atoms with Gasteiger partial charge in [0.1, 0.15) is 0 Å². The largest absolute Gasteiger partial charge is 0.352 e. The van der Waals surface area contributed by atoms with Gasteiger partial charge in [0.25, 0.3) is 0 Å². The van der Waals surface area contributed by atoms with Crippen molar-refractivity contribution in [3.05, 3.63) is 59.7 Å². The van der Waals surface area contributed by atoms with Crippen LogP contribution in [0.3, 0.4) is 0 Å². The maximum atomic E-state index is 12.4. The number of likely N-dealkylation sites (tertiary alicyclic amines) is 1. The lowest BCUT2D eigenvalue weighted by molar-refractivity contribution is -0.122. The maximum Gasteiger partial charge on any atom is 0.321 e. The maximum absolute atomic E-state index is 12.4. The van der Waals surface area contributed by atoms with Crippen molar-refractivity contribution in [2.24, 2.45) is 5.92 Å². The van der Waals surface area contributed by atoms with Crippen molar-refractivity contribution in [1.29, 1.82) is 0 Å². The summed E-state index contributed by atoms with van der Waals surface area (Å²) in [4.78, 5) is 27.8. The van der Waals surface area contributed by atoms with E-state index in [-0.39, 0.29) is 11.9 Å². The molecule has 0 aliphatic carbocycles. The number of carbonyl (C=O) groups is 2. The number of thioether (sulfide) groups is 1. The summed E-state index contributed by atoms with van der Waals surface area (Å²) in [6.07, 6.45) is 4.29. The molecule has 154 valence electrons. The zero-order valence-electron chi connectivity index (χ0n) is 17.1. The molecule has 1 aliphatic heterocycles. The fourth-order valence-electron chi connectivity index (χ4n) is 3.46. The number of aryl methyl sites for hydroxylation is 1. The Bertz CT molecular complexity index is 813. The minimum absolute atomic E-state index is 0.0644. The Morgan fingerprint density at radius 3 is 2.31 bits per heavy atom. The molecule has 6 heteroatoms. The van der Waals surface area contributed by atoms with E-state index < -0.39 is 0 Å². The Kier molecular flexibility index (Phi) is 7.58. The van der Waals surface area contributed by atoms with Crippen LogP contribution in [0.5, 0.6) is 0 Å². The SMILES string of the molecule is CSc1ccc(CNC(=O)CC2CCN(C(=O)Nc3ccc(C)cc3)CC2)cc1. The first-order valence-electron chi connectivity index (χ1n) is 10.1. The minimum atomic E-state index is -0.0644. The topological polar surface area (TPSA) is 61.4 Å². The van der Waals surface area contributed by atoms with E-state index in [9.17, 15) is 9.59 Å². The van der Waals surface area contributed by atoms with Gasteiger partial charge >= 0.3 is 6.03 Å². The molecule has 2 aromatic carbocycles.